The Morgan fingerprint density at radius 1 is 1.28 bits per heavy atom. The second-order valence-electron chi connectivity index (χ2n) is 3.72. The summed E-state index contributed by atoms with van der Waals surface area (Å²) in [5, 5.41) is 9.06. The van der Waals surface area contributed by atoms with E-state index in [9.17, 15) is 0 Å². The van der Waals surface area contributed by atoms with Crippen molar-refractivity contribution in [3.8, 4) is 28.8 Å². The van der Waals surface area contributed by atoms with Gasteiger partial charge in [-0.05, 0) is 19.1 Å². The first kappa shape index (κ1) is 12.0. The average molecular weight is 243 g/mol. The molecule has 0 saturated heterocycles. The third kappa shape index (κ3) is 2.00. The van der Waals surface area contributed by atoms with Crippen LogP contribution in [0.1, 0.15) is 11.5 Å². The maximum absolute atomic E-state index is 9.06. The first-order chi connectivity index (χ1) is 8.69. The van der Waals surface area contributed by atoms with Gasteiger partial charge in [-0.2, -0.15) is 5.26 Å². The predicted molar refractivity (Wildman–Crippen MR) is 66.6 cm³/mol. The summed E-state index contributed by atoms with van der Waals surface area (Å²) in [5.74, 6) is 2.03. The zero-order chi connectivity index (χ0) is 13.1. The van der Waals surface area contributed by atoms with Crippen LogP contribution in [-0.2, 0) is 0 Å². The molecule has 0 fully saturated rings. The maximum Gasteiger partial charge on any atom is 0.166 e. The first-order valence-corrected chi connectivity index (χ1v) is 5.38. The van der Waals surface area contributed by atoms with Gasteiger partial charge in [-0.15, -0.1) is 0 Å². The number of aryl methyl sites for hydroxylation is 1. The van der Waals surface area contributed by atoms with E-state index in [1.807, 2.05) is 12.1 Å². The fourth-order valence-corrected chi connectivity index (χ4v) is 1.77. The summed E-state index contributed by atoms with van der Waals surface area (Å²) in [4.78, 5) is 7.19. The molecule has 5 nitrogen and oxygen atoms in total. The fourth-order valence-electron chi connectivity index (χ4n) is 1.77. The molecule has 0 aliphatic rings. The number of ether oxygens (including phenoxy) is 2. The Bertz CT molecular complexity index is 611. The summed E-state index contributed by atoms with van der Waals surface area (Å²) >= 11 is 0. The highest BCUT2D eigenvalue weighted by atomic mass is 16.5. The van der Waals surface area contributed by atoms with Crippen LogP contribution in [-0.4, -0.2) is 24.2 Å². The number of aromatic nitrogens is 2. The Balaban J connectivity index is 2.60. The molecule has 92 valence electrons. The molecule has 0 amide bonds. The second-order valence-corrected chi connectivity index (χ2v) is 3.72. The van der Waals surface area contributed by atoms with Gasteiger partial charge < -0.3 is 14.5 Å². The minimum Gasteiger partial charge on any atom is -0.497 e. The van der Waals surface area contributed by atoms with Gasteiger partial charge in [-0.25, -0.2) is 4.98 Å². The number of nitriles is 1. The Kier molecular flexibility index (Phi) is 3.20. The molecular formula is C13H13N3O2. The van der Waals surface area contributed by atoms with Crippen molar-refractivity contribution >= 4 is 0 Å². The van der Waals surface area contributed by atoms with Crippen LogP contribution >= 0.6 is 0 Å². The number of nitrogens with zero attached hydrogens (tertiary/aromatic N) is 2. The number of aromatic amines is 1. The Morgan fingerprint density at radius 2 is 2.06 bits per heavy atom. The molecule has 2 rings (SSSR count). The molecule has 0 bridgehead atoms. The molecule has 0 atom stereocenters. The van der Waals surface area contributed by atoms with Gasteiger partial charge in [0.15, 0.2) is 5.69 Å². The molecule has 1 aromatic carbocycles. The summed E-state index contributed by atoms with van der Waals surface area (Å²) in [7, 11) is 3.17. The van der Waals surface area contributed by atoms with Crippen molar-refractivity contribution in [1.82, 2.24) is 9.97 Å². The third-order valence-corrected chi connectivity index (χ3v) is 2.61. The lowest BCUT2D eigenvalue weighted by molar-refractivity contribution is 0.395. The van der Waals surface area contributed by atoms with E-state index in [4.69, 9.17) is 14.7 Å². The standard InChI is InChI=1S/C13H13N3O2/c1-8-15-11(7-14)13(16-8)10-5-4-9(17-2)6-12(10)18-3/h4-6H,1-3H3,(H,15,16). The Labute approximate surface area is 105 Å². The van der Waals surface area contributed by atoms with Crippen LogP contribution in [0.2, 0.25) is 0 Å². The monoisotopic (exact) mass is 243 g/mol. The number of nitrogens with one attached hydrogen (secondary N) is 1. The molecule has 18 heavy (non-hydrogen) atoms. The highest BCUT2D eigenvalue weighted by Crippen LogP contribution is 2.33. The van der Waals surface area contributed by atoms with Gasteiger partial charge in [0, 0.05) is 11.6 Å². The molecular weight excluding hydrogens is 230 g/mol. The van der Waals surface area contributed by atoms with Gasteiger partial charge in [-0.3, -0.25) is 0 Å². The van der Waals surface area contributed by atoms with Gasteiger partial charge in [0.1, 0.15) is 23.4 Å². The van der Waals surface area contributed by atoms with Crippen molar-refractivity contribution in [1.29, 1.82) is 5.26 Å². The Hall–Kier alpha value is -2.48. The van der Waals surface area contributed by atoms with Crippen molar-refractivity contribution in [3.63, 3.8) is 0 Å². The number of rotatable bonds is 3. The summed E-state index contributed by atoms with van der Waals surface area (Å²) in [5.41, 5.74) is 1.81. The molecule has 0 unspecified atom stereocenters. The molecule has 1 heterocycles. The van der Waals surface area contributed by atoms with Crippen molar-refractivity contribution < 1.29 is 9.47 Å². The normalized spacial score (nSPS) is 9.89. The van der Waals surface area contributed by atoms with Crippen LogP contribution in [0.5, 0.6) is 11.5 Å². The van der Waals surface area contributed by atoms with Crippen LogP contribution in [0, 0.1) is 18.3 Å². The third-order valence-electron chi connectivity index (χ3n) is 2.61. The van der Waals surface area contributed by atoms with E-state index in [0.29, 0.717) is 28.7 Å². The van der Waals surface area contributed by atoms with Crippen molar-refractivity contribution in [3.05, 3.63) is 29.7 Å². The van der Waals surface area contributed by atoms with Crippen LogP contribution in [0.4, 0.5) is 0 Å². The van der Waals surface area contributed by atoms with E-state index < -0.39 is 0 Å². The van der Waals surface area contributed by atoms with Gasteiger partial charge >= 0.3 is 0 Å². The molecule has 1 N–H and O–H groups in total. The number of imidazole rings is 1. The molecule has 5 heteroatoms. The molecule has 0 spiro atoms. The molecule has 0 aliphatic carbocycles. The smallest absolute Gasteiger partial charge is 0.166 e. The highest BCUT2D eigenvalue weighted by molar-refractivity contribution is 5.72. The topological polar surface area (TPSA) is 70.9 Å². The van der Waals surface area contributed by atoms with Gasteiger partial charge in [-0.1, -0.05) is 0 Å². The van der Waals surface area contributed by atoms with Crippen LogP contribution < -0.4 is 9.47 Å². The maximum atomic E-state index is 9.06. The fraction of sp³-hybridized carbons (Fsp3) is 0.231. The average Bonchev–Trinajstić information content (AvgIpc) is 2.78. The second kappa shape index (κ2) is 4.80. The number of H-pyrrole nitrogens is 1. The van der Waals surface area contributed by atoms with Crippen molar-refractivity contribution in [2.75, 3.05) is 14.2 Å². The van der Waals surface area contributed by atoms with Crippen molar-refractivity contribution in [2.45, 2.75) is 6.92 Å². The minimum atomic E-state index is 0.357. The van der Waals surface area contributed by atoms with E-state index in [0.717, 1.165) is 5.56 Å². The summed E-state index contributed by atoms with van der Waals surface area (Å²) < 4.78 is 10.5. The zero-order valence-corrected chi connectivity index (χ0v) is 10.4. The minimum absolute atomic E-state index is 0.357. The molecule has 2 aromatic rings. The molecule has 0 saturated carbocycles. The van der Waals surface area contributed by atoms with Crippen LogP contribution in [0.15, 0.2) is 18.2 Å². The van der Waals surface area contributed by atoms with E-state index >= 15 is 0 Å². The zero-order valence-electron chi connectivity index (χ0n) is 10.4. The lowest BCUT2D eigenvalue weighted by Crippen LogP contribution is -1.92. The van der Waals surface area contributed by atoms with Gasteiger partial charge in [0.25, 0.3) is 0 Å². The van der Waals surface area contributed by atoms with Crippen LogP contribution in [0.3, 0.4) is 0 Å². The van der Waals surface area contributed by atoms with Crippen LogP contribution in [0.25, 0.3) is 11.3 Å². The lowest BCUT2D eigenvalue weighted by Gasteiger charge is -2.09. The summed E-state index contributed by atoms with van der Waals surface area (Å²) in [6.07, 6.45) is 0. The molecule has 0 aliphatic heterocycles. The van der Waals surface area contributed by atoms with Gasteiger partial charge in [0.2, 0.25) is 0 Å². The molecule has 0 radical (unpaired) electrons. The van der Waals surface area contributed by atoms with E-state index in [1.165, 1.54) is 0 Å². The highest BCUT2D eigenvalue weighted by Gasteiger charge is 2.14. The van der Waals surface area contributed by atoms with Gasteiger partial charge in [0.05, 0.1) is 19.9 Å². The van der Waals surface area contributed by atoms with E-state index in [1.54, 1.807) is 27.2 Å². The largest absolute Gasteiger partial charge is 0.497 e. The quantitative estimate of drug-likeness (QED) is 0.897. The number of hydrogen-bond donors (Lipinski definition) is 1. The summed E-state index contributed by atoms with van der Waals surface area (Å²) in [6, 6.07) is 7.49. The first-order valence-electron chi connectivity index (χ1n) is 5.38. The lowest BCUT2D eigenvalue weighted by atomic mass is 10.1. The SMILES string of the molecule is COc1ccc(-c2[nH]c(C)nc2C#N)c(OC)c1. The number of methoxy groups -OCH3 is 2. The Morgan fingerprint density at radius 3 is 2.67 bits per heavy atom. The summed E-state index contributed by atoms with van der Waals surface area (Å²) in [6.45, 7) is 1.81. The van der Waals surface area contributed by atoms with E-state index in [-0.39, 0.29) is 0 Å². The molecule has 1 aromatic heterocycles. The van der Waals surface area contributed by atoms with Crippen molar-refractivity contribution in [2.24, 2.45) is 0 Å². The van der Waals surface area contributed by atoms with E-state index in [2.05, 4.69) is 16.0 Å². The number of hydrogen-bond acceptors (Lipinski definition) is 4. The predicted octanol–water partition coefficient (Wildman–Crippen LogP) is 2.27. The number of benzene rings is 1.